The van der Waals surface area contributed by atoms with Crippen LogP contribution in [0, 0.1) is 0 Å². The molecule has 0 amide bonds. The molecule has 142 valence electrons. The van der Waals surface area contributed by atoms with Gasteiger partial charge in [0.1, 0.15) is 0 Å². The molecule has 0 aliphatic carbocycles. The number of benzene rings is 1. The second-order valence-corrected chi connectivity index (χ2v) is 5.53. The molecule has 1 heterocycles. The van der Waals surface area contributed by atoms with Crippen LogP contribution < -0.4 is 15.4 Å². The Morgan fingerprint density at radius 1 is 1.23 bits per heavy atom. The number of aliphatic hydroxyl groups excluding tert-OH is 1. The summed E-state index contributed by atoms with van der Waals surface area (Å²) in [5.41, 5.74) is 2.16. The first-order valence-electron chi connectivity index (χ1n) is 8.44. The standard InChI is InChI=1S/C19H26N4O2.HI/c1-3-25-18-11-15(9-10-21-18)12-22-19(20-2)23-13-17(14-24)16-7-5-4-6-8-16;/h4-11,17,24H,3,12-14H2,1-2H3,(H2,20,22,23);1H. The number of hydrogen-bond acceptors (Lipinski definition) is 4. The highest BCUT2D eigenvalue weighted by atomic mass is 127. The van der Waals surface area contributed by atoms with Crippen molar-refractivity contribution >= 4 is 29.9 Å². The number of aliphatic hydroxyl groups is 1. The number of ether oxygens (including phenoxy) is 1. The molecule has 1 aromatic carbocycles. The van der Waals surface area contributed by atoms with Gasteiger partial charge in [-0.25, -0.2) is 4.98 Å². The van der Waals surface area contributed by atoms with Crippen LogP contribution in [-0.2, 0) is 6.54 Å². The summed E-state index contributed by atoms with van der Waals surface area (Å²) in [6.45, 7) is 3.81. The van der Waals surface area contributed by atoms with Gasteiger partial charge in [-0.15, -0.1) is 24.0 Å². The molecule has 7 heteroatoms. The molecule has 0 radical (unpaired) electrons. The van der Waals surface area contributed by atoms with Gasteiger partial charge in [0.2, 0.25) is 5.88 Å². The van der Waals surface area contributed by atoms with Gasteiger partial charge in [-0.1, -0.05) is 30.3 Å². The van der Waals surface area contributed by atoms with E-state index in [0.29, 0.717) is 31.5 Å². The molecule has 1 unspecified atom stereocenters. The van der Waals surface area contributed by atoms with E-state index < -0.39 is 0 Å². The Hall–Kier alpha value is -1.87. The first kappa shape index (κ1) is 22.2. The molecule has 0 saturated heterocycles. The van der Waals surface area contributed by atoms with Crippen LogP contribution in [-0.4, -0.2) is 42.9 Å². The van der Waals surface area contributed by atoms with E-state index in [2.05, 4.69) is 20.6 Å². The summed E-state index contributed by atoms with van der Waals surface area (Å²) in [6, 6.07) is 13.8. The minimum atomic E-state index is 0. The Bertz CT molecular complexity index is 668. The number of nitrogens with one attached hydrogen (secondary N) is 2. The number of rotatable bonds is 8. The summed E-state index contributed by atoms with van der Waals surface area (Å²) in [6.07, 6.45) is 1.73. The lowest BCUT2D eigenvalue weighted by Gasteiger charge is -2.18. The summed E-state index contributed by atoms with van der Waals surface area (Å²) in [5, 5.41) is 16.2. The molecule has 1 aromatic heterocycles. The Balaban J connectivity index is 0.00000338. The van der Waals surface area contributed by atoms with Crippen molar-refractivity contribution in [3.05, 3.63) is 59.8 Å². The minimum Gasteiger partial charge on any atom is -0.478 e. The predicted octanol–water partition coefficient (Wildman–Crippen LogP) is 2.54. The maximum absolute atomic E-state index is 9.63. The molecule has 2 rings (SSSR count). The van der Waals surface area contributed by atoms with Gasteiger partial charge < -0.3 is 20.5 Å². The number of pyridine rings is 1. The first-order valence-corrected chi connectivity index (χ1v) is 8.44. The lowest BCUT2D eigenvalue weighted by molar-refractivity contribution is 0.265. The van der Waals surface area contributed by atoms with E-state index in [1.807, 2.05) is 49.4 Å². The third-order valence-electron chi connectivity index (χ3n) is 3.78. The summed E-state index contributed by atoms with van der Waals surface area (Å²) < 4.78 is 5.41. The van der Waals surface area contributed by atoms with Gasteiger partial charge in [0.05, 0.1) is 13.2 Å². The maximum atomic E-state index is 9.63. The van der Waals surface area contributed by atoms with Crippen molar-refractivity contribution in [1.82, 2.24) is 15.6 Å². The maximum Gasteiger partial charge on any atom is 0.213 e. The van der Waals surface area contributed by atoms with Gasteiger partial charge in [-0.05, 0) is 24.1 Å². The molecule has 26 heavy (non-hydrogen) atoms. The minimum absolute atomic E-state index is 0. The second kappa shape index (κ2) is 12.5. The molecule has 0 bridgehead atoms. The molecular formula is C19H27IN4O2. The van der Waals surface area contributed by atoms with Gasteiger partial charge in [0, 0.05) is 38.3 Å². The highest BCUT2D eigenvalue weighted by Crippen LogP contribution is 2.13. The second-order valence-electron chi connectivity index (χ2n) is 5.53. The SMILES string of the molecule is CCOc1cc(CNC(=NC)NCC(CO)c2ccccc2)ccn1.I. The lowest BCUT2D eigenvalue weighted by atomic mass is 10.0. The third-order valence-corrected chi connectivity index (χ3v) is 3.78. The highest BCUT2D eigenvalue weighted by Gasteiger charge is 2.10. The van der Waals surface area contributed by atoms with Gasteiger partial charge >= 0.3 is 0 Å². The smallest absolute Gasteiger partial charge is 0.213 e. The number of nitrogens with zero attached hydrogens (tertiary/aromatic N) is 2. The molecule has 0 spiro atoms. The number of halogens is 1. The molecule has 3 N–H and O–H groups in total. The predicted molar refractivity (Wildman–Crippen MR) is 115 cm³/mol. The number of aliphatic imine (C=N–C) groups is 1. The van der Waals surface area contributed by atoms with E-state index in [9.17, 15) is 5.11 Å². The van der Waals surface area contributed by atoms with Gasteiger partial charge in [0.15, 0.2) is 5.96 Å². The van der Waals surface area contributed by atoms with Crippen LogP contribution in [0.15, 0.2) is 53.7 Å². The normalized spacial score (nSPS) is 12.0. The van der Waals surface area contributed by atoms with Crippen molar-refractivity contribution in [2.24, 2.45) is 4.99 Å². The quantitative estimate of drug-likeness (QED) is 0.314. The zero-order chi connectivity index (χ0) is 17.9. The topological polar surface area (TPSA) is 78.8 Å². The van der Waals surface area contributed by atoms with E-state index in [-0.39, 0.29) is 36.5 Å². The van der Waals surface area contributed by atoms with E-state index in [1.54, 1.807) is 13.2 Å². The fraction of sp³-hybridized carbons (Fsp3) is 0.368. The molecule has 0 saturated carbocycles. The summed E-state index contributed by atoms with van der Waals surface area (Å²) in [7, 11) is 1.73. The zero-order valence-corrected chi connectivity index (χ0v) is 17.5. The molecule has 2 aromatic rings. The van der Waals surface area contributed by atoms with Crippen LogP contribution >= 0.6 is 24.0 Å². The van der Waals surface area contributed by atoms with Crippen molar-refractivity contribution in [3.63, 3.8) is 0 Å². The van der Waals surface area contributed by atoms with Gasteiger partial charge in [-0.3, -0.25) is 4.99 Å². The van der Waals surface area contributed by atoms with Crippen LogP contribution in [0.2, 0.25) is 0 Å². The average Bonchev–Trinajstić information content (AvgIpc) is 2.66. The van der Waals surface area contributed by atoms with E-state index >= 15 is 0 Å². The van der Waals surface area contributed by atoms with Crippen molar-refractivity contribution in [1.29, 1.82) is 0 Å². The molecular weight excluding hydrogens is 443 g/mol. The molecule has 6 nitrogen and oxygen atoms in total. The number of hydrogen-bond donors (Lipinski definition) is 3. The van der Waals surface area contributed by atoms with Crippen LogP contribution in [0.1, 0.15) is 24.0 Å². The van der Waals surface area contributed by atoms with Crippen molar-refractivity contribution in [2.75, 3.05) is 26.8 Å². The summed E-state index contributed by atoms with van der Waals surface area (Å²) in [5.74, 6) is 1.32. The molecule has 1 atom stereocenters. The monoisotopic (exact) mass is 470 g/mol. The molecule has 0 aliphatic heterocycles. The average molecular weight is 470 g/mol. The fourth-order valence-electron chi connectivity index (χ4n) is 2.43. The highest BCUT2D eigenvalue weighted by molar-refractivity contribution is 14.0. The first-order chi connectivity index (χ1) is 12.3. The number of aromatic nitrogens is 1. The van der Waals surface area contributed by atoms with Crippen LogP contribution in [0.25, 0.3) is 0 Å². The Morgan fingerprint density at radius 3 is 2.65 bits per heavy atom. The van der Waals surface area contributed by atoms with Crippen LogP contribution in [0.4, 0.5) is 0 Å². The van der Waals surface area contributed by atoms with Gasteiger partial charge in [0.25, 0.3) is 0 Å². The number of guanidine groups is 1. The molecule has 0 aliphatic rings. The van der Waals surface area contributed by atoms with E-state index in [4.69, 9.17) is 4.74 Å². The lowest BCUT2D eigenvalue weighted by Crippen LogP contribution is -2.39. The van der Waals surface area contributed by atoms with E-state index in [1.165, 1.54) is 0 Å². The van der Waals surface area contributed by atoms with Crippen molar-refractivity contribution in [2.45, 2.75) is 19.4 Å². The van der Waals surface area contributed by atoms with Crippen LogP contribution in [0.5, 0.6) is 5.88 Å². The van der Waals surface area contributed by atoms with Crippen molar-refractivity contribution in [3.8, 4) is 5.88 Å². The Kier molecular flexibility index (Phi) is 10.6. The Labute approximate surface area is 172 Å². The van der Waals surface area contributed by atoms with Crippen molar-refractivity contribution < 1.29 is 9.84 Å². The largest absolute Gasteiger partial charge is 0.478 e. The molecule has 0 fully saturated rings. The van der Waals surface area contributed by atoms with Gasteiger partial charge in [-0.2, -0.15) is 0 Å². The van der Waals surface area contributed by atoms with Crippen LogP contribution in [0.3, 0.4) is 0 Å². The third kappa shape index (κ3) is 7.17. The Morgan fingerprint density at radius 2 is 2.00 bits per heavy atom. The fourth-order valence-corrected chi connectivity index (χ4v) is 2.43. The summed E-state index contributed by atoms with van der Waals surface area (Å²) >= 11 is 0. The summed E-state index contributed by atoms with van der Waals surface area (Å²) in [4.78, 5) is 8.38. The zero-order valence-electron chi connectivity index (χ0n) is 15.2. The van der Waals surface area contributed by atoms with E-state index in [0.717, 1.165) is 11.1 Å².